The zero-order valence-electron chi connectivity index (χ0n) is 10.9. The molecule has 0 radical (unpaired) electrons. The molecule has 18 heavy (non-hydrogen) atoms. The van der Waals surface area contributed by atoms with Gasteiger partial charge in [-0.2, -0.15) is 0 Å². The lowest BCUT2D eigenvalue weighted by molar-refractivity contribution is 0.222. The molecule has 0 unspecified atom stereocenters. The number of halogens is 1. The van der Waals surface area contributed by atoms with Crippen LogP contribution in [0.3, 0.4) is 0 Å². The van der Waals surface area contributed by atoms with Crippen LogP contribution in [0.2, 0.25) is 5.02 Å². The first-order valence-electron chi connectivity index (χ1n) is 6.73. The molecule has 0 atom stereocenters. The number of anilines is 1. The molecule has 3 heterocycles. The van der Waals surface area contributed by atoms with Gasteiger partial charge in [0.1, 0.15) is 5.82 Å². The Hall–Kier alpha value is -0.800. The van der Waals surface area contributed by atoms with Crippen LogP contribution in [-0.2, 0) is 0 Å². The molecule has 0 saturated carbocycles. The lowest BCUT2D eigenvalue weighted by Gasteiger charge is -2.40. The van der Waals surface area contributed by atoms with Gasteiger partial charge in [0, 0.05) is 25.8 Å². The molecule has 1 aromatic heterocycles. The maximum atomic E-state index is 6.22. The fourth-order valence-corrected chi connectivity index (χ4v) is 3.61. The molecule has 2 saturated heterocycles. The molecule has 2 fully saturated rings. The van der Waals surface area contributed by atoms with E-state index >= 15 is 0 Å². The quantitative estimate of drug-likeness (QED) is 0.778. The first-order chi connectivity index (χ1) is 8.69. The highest BCUT2D eigenvalue weighted by molar-refractivity contribution is 6.32. The van der Waals surface area contributed by atoms with Gasteiger partial charge in [0.25, 0.3) is 0 Å². The minimum atomic E-state index is 0.562. The van der Waals surface area contributed by atoms with Gasteiger partial charge < -0.3 is 9.80 Å². The van der Waals surface area contributed by atoms with Crippen molar-refractivity contribution >= 4 is 17.4 Å². The topological polar surface area (TPSA) is 19.4 Å². The van der Waals surface area contributed by atoms with E-state index in [1.165, 1.54) is 32.4 Å². The molecular weight excluding hydrogens is 246 g/mol. The van der Waals surface area contributed by atoms with Gasteiger partial charge in [-0.1, -0.05) is 11.6 Å². The number of rotatable bonds is 1. The average Bonchev–Trinajstić information content (AvgIpc) is 2.73. The highest BCUT2D eigenvalue weighted by Crippen LogP contribution is 2.41. The average molecular weight is 266 g/mol. The summed E-state index contributed by atoms with van der Waals surface area (Å²) in [5.41, 5.74) is 0.562. The second-order valence-electron chi connectivity index (χ2n) is 5.78. The van der Waals surface area contributed by atoms with Gasteiger partial charge in [0.15, 0.2) is 0 Å². The predicted octanol–water partition coefficient (Wildman–Crippen LogP) is 2.66. The van der Waals surface area contributed by atoms with Crippen molar-refractivity contribution in [3.8, 4) is 0 Å². The number of piperidine rings is 1. The zero-order chi connectivity index (χ0) is 12.6. The van der Waals surface area contributed by atoms with E-state index in [2.05, 4.69) is 21.8 Å². The molecular formula is C14H20ClN3. The van der Waals surface area contributed by atoms with Crippen LogP contribution in [0.15, 0.2) is 18.3 Å². The van der Waals surface area contributed by atoms with Crippen molar-refractivity contribution in [2.45, 2.75) is 19.3 Å². The van der Waals surface area contributed by atoms with Crippen LogP contribution in [0, 0.1) is 5.41 Å². The van der Waals surface area contributed by atoms with E-state index < -0.39 is 0 Å². The fourth-order valence-electron chi connectivity index (χ4n) is 3.37. The Morgan fingerprint density at radius 3 is 2.56 bits per heavy atom. The molecule has 0 bridgehead atoms. The van der Waals surface area contributed by atoms with Crippen molar-refractivity contribution < 1.29 is 0 Å². The highest BCUT2D eigenvalue weighted by Gasteiger charge is 2.39. The molecule has 0 amide bonds. The second kappa shape index (κ2) is 4.71. The largest absolute Gasteiger partial charge is 0.355 e. The Morgan fingerprint density at radius 2 is 1.94 bits per heavy atom. The second-order valence-corrected chi connectivity index (χ2v) is 6.19. The van der Waals surface area contributed by atoms with Crippen LogP contribution in [0.4, 0.5) is 5.82 Å². The van der Waals surface area contributed by atoms with E-state index in [9.17, 15) is 0 Å². The van der Waals surface area contributed by atoms with Crippen LogP contribution >= 0.6 is 11.6 Å². The van der Waals surface area contributed by atoms with Gasteiger partial charge in [-0.05, 0) is 50.4 Å². The normalized spacial score (nSPS) is 23.8. The molecule has 2 aliphatic rings. The summed E-state index contributed by atoms with van der Waals surface area (Å²) < 4.78 is 0. The van der Waals surface area contributed by atoms with E-state index in [-0.39, 0.29) is 0 Å². The third-order valence-electron chi connectivity index (χ3n) is 4.49. The maximum absolute atomic E-state index is 6.22. The standard InChI is InChI=1S/C14H20ClN3/c1-17-8-4-14(11-17)5-9-18(10-6-14)13-12(15)3-2-7-16-13/h2-3,7H,4-6,8-11H2,1H3. The van der Waals surface area contributed by atoms with Crippen LogP contribution < -0.4 is 4.90 Å². The molecule has 1 aromatic rings. The fraction of sp³-hybridized carbons (Fsp3) is 0.643. The lowest BCUT2D eigenvalue weighted by Crippen LogP contribution is -2.41. The highest BCUT2D eigenvalue weighted by atomic mass is 35.5. The van der Waals surface area contributed by atoms with Gasteiger partial charge in [0.2, 0.25) is 0 Å². The summed E-state index contributed by atoms with van der Waals surface area (Å²) in [5.74, 6) is 0.959. The van der Waals surface area contributed by atoms with Crippen molar-refractivity contribution in [2.75, 3.05) is 38.1 Å². The molecule has 3 rings (SSSR count). The predicted molar refractivity (Wildman–Crippen MR) is 75.2 cm³/mol. The minimum Gasteiger partial charge on any atom is -0.355 e. The van der Waals surface area contributed by atoms with Crippen molar-refractivity contribution in [2.24, 2.45) is 5.41 Å². The molecule has 4 heteroatoms. The summed E-state index contributed by atoms with van der Waals surface area (Å²) in [6.45, 7) is 4.69. The lowest BCUT2D eigenvalue weighted by atomic mass is 9.78. The first-order valence-corrected chi connectivity index (χ1v) is 7.10. The number of likely N-dealkylation sites (tertiary alicyclic amines) is 1. The van der Waals surface area contributed by atoms with Crippen LogP contribution in [-0.4, -0.2) is 43.1 Å². The van der Waals surface area contributed by atoms with E-state index in [0.717, 1.165) is 23.9 Å². The van der Waals surface area contributed by atoms with Crippen LogP contribution in [0.5, 0.6) is 0 Å². The van der Waals surface area contributed by atoms with Crippen molar-refractivity contribution in [1.29, 1.82) is 0 Å². The van der Waals surface area contributed by atoms with Gasteiger partial charge in [0.05, 0.1) is 5.02 Å². The third kappa shape index (κ3) is 2.21. The number of pyridine rings is 1. The summed E-state index contributed by atoms with van der Waals surface area (Å²) in [7, 11) is 2.23. The van der Waals surface area contributed by atoms with E-state index in [0.29, 0.717) is 5.41 Å². The summed E-state index contributed by atoms with van der Waals surface area (Å²) in [5, 5.41) is 0.775. The Morgan fingerprint density at radius 1 is 1.22 bits per heavy atom. The molecule has 3 nitrogen and oxygen atoms in total. The molecule has 0 aliphatic carbocycles. The molecule has 98 valence electrons. The Kier molecular flexibility index (Phi) is 3.20. The van der Waals surface area contributed by atoms with Crippen molar-refractivity contribution in [3.05, 3.63) is 23.4 Å². The van der Waals surface area contributed by atoms with Gasteiger partial charge in [-0.3, -0.25) is 0 Å². The monoisotopic (exact) mass is 265 g/mol. The van der Waals surface area contributed by atoms with Gasteiger partial charge in [-0.15, -0.1) is 0 Å². The molecule has 0 N–H and O–H groups in total. The smallest absolute Gasteiger partial charge is 0.147 e. The van der Waals surface area contributed by atoms with Gasteiger partial charge in [-0.25, -0.2) is 4.98 Å². The Balaban J connectivity index is 1.69. The number of hydrogen-bond donors (Lipinski definition) is 0. The summed E-state index contributed by atoms with van der Waals surface area (Å²) in [6.07, 6.45) is 5.72. The van der Waals surface area contributed by atoms with Crippen molar-refractivity contribution in [3.63, 3.8) is 0 Å². The summed E-state index contributed by atoms with van der Waals surface area (Å²) >= 11 is 6.22. The van der Waals surface area contributed by atoms with E-state index in [4.69, 9.17) is 11.6 Å². The van der Waals surface area contributed by atoms with Gasteiger partial charge >= 0.3 is 0 Å². The van der Waals surface area contributed by atoms with E-state index in [1.54, 1.807) is 0 Å². The van der Waals surface area contributed by atoms with E-state index in [1.807, 2.05) is 18.3 Å². The maximum Gasteiger partial charge on any atom is 0.147 e. The molecule has 2 aliphatic heterocycles. The number of nitrogens with zero attached hydrogens (tertiary/aromatic N) is 3. The van der Waals surface area contributed by atoms with Crippen LogP contribution in [0.1, 0.15) is 19.3 Å². The Labute approximate surface area is 114 Å². The molecule has 1 spiro atoms. The Bertz CT molecular complexity index is 427. The summed E-state index contributed by atoms with van der Waals surface area (Å²) in [6, 6.07) is 3.82. The SMILES string of the molecule is CN1CCC2(CCN(c3ncccc3Cl)CC2)C1. The number of aromatic nitrogens is 1. The first kappa shape index (κ1) is 12.2. The third-order valence-corrected chi connectivity index (χ3v) is 4.79. The van der Waals surface area contributed by atoms with Crippen molar-refractivity contribution in [1.82, 2.24) is 9.88 Å². The minimum absolute atomic E-state index is 0.562. The molecule has 0 aromatic carbocycles. The summed E-state index contributed by atoms with van der Waals surface area (Å²) in [4.78, 5) is 9.22. The number of hydrogen-bond acceptors (Lipinski definition) is 3. The van der Waals surface area contributed by atoms with Crippen LogP contribution in [0.25, 0.3) is 0 Å². The zero-order valence-corrected chi connectivity index (χ0v) is 11.7.